The predicted octanol–water partition coefficient (Wildman–Crippen LogP) is 1.24. The summed E-state index contributed by atoms with van der Waals surface area (Å²) >= 11 is 0. The lowest BCUT2D eigenvalue weighted by Gasteiger charge is -2.29. The van der Waals surface area contributed by atoms with Gasteiger partial charge in [0.25, 0.3) is 5.91 Å². The quantitative estimate of drug-likeness (QED) is 0.855. The van der Waals surface area contributed by atoms with Crippen LogP contribution in [0.25, 0.3) is 0 Å². The van der Waals surface area contributed by atoms with Gasteiger partial charge in [-0.25, -0.2) is 4.98 Å². The molecule has 1 N–H and O–H groups in total. The third kappa shape index (κ3) is 2.74. The van der Waals surface area contributed by atoms with Crippen LogP contribution in [0.4, 0.5) is 0 Å². The molecule has 3 fully saturated rings. The molecule has 140 valence electrons. The molecular formula is C19H25N3O4. The molecule has 1 spiro atoms. The Morgan fingerprint density at radius 3 is 3.00 bits per heavy atom. The van der Waals surface area contributed by atoms with Gasteiger partial charge in [0.05, 0.1) is 30.9 Å². The molecule has 1 aromatic rings. The fourth-order valence-corrected chi connectivity index (χ4v) is 4.83. The Hall–Kier alpha value is -2.15. The number of carbonyl (C=O) groups is 2. The van der Waals surface area contributed by atoms with Crippen LogP contribution in [0, 0.1) is 11.8 Å². The van der Waals surface area contributed by atoms with E-state index in [9.17, 15) is 9.59 Å². The van der Waals surface area contributed by atoms with Crippen molar-refractivity contribution in [1.82, 2.24) is 15.2 Å². The van der Waals surface area contributed by atoms with Gasteiger partial charge in [-0.2, -0.15) is 0 Å². The molecule has 7 nitrogen and oxygen atoms in total. The molecule has 0 saturated carbocycles. The third-order valence-electron chi connectivity index (χ3n) is 6.14. The Labute approximate surface area is 153 Å². The Kier molecular flexibility index (Phi) is 4.34. The Bertz CT molecular complexity index is 707. The number of methoxy groups -OCH3 is 1. The van der Waals surface area contributed by atoms with Crippen molar-refractivity contribution in [1.29, 1.82) is 0 Å². The van der Waals surface area contributed by atoms with Crippen LogP contribution in [0.5, 0.6) is 5.88 Å². The molecule has 0 radical (unpaired) electrons. The lowest BCUT2D eigenvalue weighted by Crippen LogP contribution is -2.41. The first-order chi connectivity index (χ1) is 12.6. The van der Waals surface area contributed by atoms with Gasteiger partial charge < -0.3 is 19.7 Å². The monoisotopic (exact) mass is 359 g/mol. The highest BCUT2D eigenvalue weighted by atomic mass is 16.5. The number of aromatic nitrogens is 1. The van der Waals surface area contributed by atoms with Crippen molar-refractivity contribution in [3.05, 3.63) is 23.9 Å². The summed E-state index contributed by atoms with van der Waals surface area (Å²) in [5.41, 5.74) is 0.325. The number of ether oxygens (including phenoxy) is 2. The summed E-state index contributed by atoms with van der Waals surface area (Å²) in [5, 5.41) is 3.03. The zero-order valence-electron chi connectivity index (χ0n) is 15.2. The van der Waals surface area contributed by atoms with E-state index in [4.69, 9.17) is 9.47 Å². The Balaban J connectivity index is 1.40. The number of carbonyl (C=O) groups excluding carboxylic acids is 2. The summed E-state index contributed by atoms with van der Waals surface area (Å²) < 4.78 is 11.3. The van der Waals surface area contributed by atoms with Gasteiger partial charge in [-0.1, -0.05) is 6.92 Å². The van der Waals surface area contributed by atoms with Gasteiger partial charge in [0.15, 0.2) is 0 Å². The number of nitrogens with one attached hydrogen (secondary N) is 1. The zero-order chi connectivity index (χ0) is 18.3. The lowest BCUT2D eigenvalue weighted by molar-refractivity contribution is -0.131. The fourth-order valence-electron chi connectivity index (χ4n) is 4.83. The second-order valence-corrected chi connectivity index (χ2v) is 7.46. The van der Waals surface area contributed by atoms with E-state index < -0.39 is 0 Å². The summed E-state index contributed by atoms with van der Waals surface area (Å²) in [4.78, 5) is 30.5. The van der Waals surface area contributed by atoms with Crippen LogP contribution < -0.4 is 10.1 Å². The molecule has 4 rings (SSSR count). The molecule has 0 aromatic carbocycles. The number of pyridine rings is 1. The average Bonchev–Trinajstić information content (AvgIpc) is 3.34. The minimum atomic E-state index is -0.188. The van der Waals surface area contributed by atoms with Gasteiger partial charge in [-0.3, -0.25) is 9.59 Å². The molecule has 2 bridgehead atoms. The van der Waals surface area contributed by atoms with E-state index in [1.165, 1.54) is 6.20 Å². The van der Waals surface area contributed by atoms with Gasteiger partial charge in [0, 0.05) is 43.6 Å². The minimum absolute atomic E-state index is 0.142. The average molecular weight is 359 g/mol. The van der Waals surface area contributed by atoms with Gasteiger partial charge in [-0.05, 0) is 18.9 Å². The number of likely N-dealkylation sites (tertiary alicyclic amines) is 1. The minimum Gasteiger partial charge on any atom is -0.481 e. The smallest absolute Gasteiger partial charge is 0.252 e. The predicted molar refractivity (Wildman–Crippen MR) is 93.8 cm³/mol. The highest BCUT2D eigenvalue weighted by Crippen LogP contribution is 2.54. The first-order valence-corrected chi connectivity index (χ1v) is 9.30. The molecule has 0 aliphatic carbocycles. The van der Waals surface area contributed by atoms with E-state index in [2.05, 4.69) is 10.3 Å². The highest BCUT2D eigenvalue weighted by Gasteiger charge is 2.63. The molecule has 2 amide bonds. The van der Waals surface area contributed by atoms with E-state index in [1.807, 2.05) is 11.8 Å². The molecule has 3 saturated heterocycles. The third-order valence-corrected chi connectivity index (χ3v) is 6.14. The van der Waals surface area contributed by atoms with E-state index >= 15 is 0 Å². The van der Waals surface area contributed by atoms with E-state index in [0.717, 1.165) is 19.4 Å². The molecular weight excluding hydrogens is 334 g/mol. The van der Waals surface area contributed by atoms with E-state index in [1.54, 1.807) is 19.2 Å². The first-order valence-electron chi connectivity index (χ1n) is 9.30. The summed E-state index contributed by atoms with van der Waals surface area (Å²) in [6, 6.07) is 3.38. The van der Waals surface area contributed by atoms with Crippen molar-refractivity contribution in [3.63, 3.8) is 0 Å². The molecule has 0 unspecified atom stereocenters. The number of nitrogens with zero attached hydrogens (tertiary/aromatic N) is 2. The maximum absolute atomic E-state index is 12.4. The second-order valence-electron chi connectivity index (χ2n) is 7.46. The van der Waals surface area contributed by atoms with Crippen LogP contribution in [0.1, 0.15) is 36.5 Å². The molecule has 1 aromatic heterocycles. The van der Waals surface area contributed by atoms with Crippen molar-refractivity contribution in [2.75, 3.05) is 26.7 Å². The molecule has 26 heavy (non-hydrogen) atoms. The van der Waals surface area contributed by atoms with Crippen LogP contribution in [0.2, 0.25) is 0 Å². The van der Waals surface area contributed by atoms with Crippen molar-refractivity contribution in [2.24, 2.45) is 11.8 Å². The van der Waals surface area contributed by atoms with Crippen LogP contribution in [0.3, 0.4) is 0 Å². The summed E-state index contributed by atoms with van der Waals surface area (Å²) in [5.74, 6) is 1.10. The SMILES string of the molecule is CCC(=O)N1C[C@@H]2[C@H](CNC(=O)c3ccc(OC)nc3)[C@H]3CC[C@]2(C1)O3. The van der Waals surface area contributed by atoms with Gasteiger partial charge >= 0.3 is 0 Å². The van der Waals surface area contributed by atoms with Crippen LogP contribution >= 0.6 is 0 Å². The summed E-state index contributed by atoms with van der Waals surface area (Å²) in [6.07, 6.45) is 4.26. The van der Waals surface area contributed by atoms with E-state index in [-0.39, 0.29) is 29.4 Å². The maximum atomic E-state index is 12.4. The number of rotatable bonds is 5. The number of fused-ring (bicyclic) bond motifs is 1. The van der Waals surface area contributed by atoms with Gasteiger partial charge in [-0.15, -0.1) is 0 Å². The molecule has 7 heteroatoms. The van der Waals surface area contributed by atoms with Crippen molar-refractivity contribution in [3.8, 4) is 5.88 Å². The fraction of sp³-hybridized carbons (Fsp3) is 0.632. The Morgan fingerprint density at radius 2 is 2.31 bits per heavy atom. The van der Waals surface area contributed by atoms with Gasteiger partial charge in [0.1, 0.15) is 0 Å². The molecule has 4 heterocycles. The van der Waals surface area contributed by atoms with Crippen molar-refractivity contribution in [2.45, 2.75) is 37.9 Å². The second kappa shape index (κ2) is 6.54. The Morgan fingerprint density at radius 1 is 1.46 bits per heavy atom. The largest absolute Gasteiger partial charge is 0.481 e. The topological polar surface area (TPSA) is 80.8 Å². The maximum Gasteiger partial charge on any atom is 0.252 e. The van der Waals surface area contributed by atoms with Crippen molar-refractivity contribution >= 4 is 11.8 Å². The van der Waals surface area contributed by atoms with Crippen LogP contribution in [0.15, 0.2) is 18.3 Å². The van der Waals surface area contributed by atoms with E-state index in [0.29, 0.717) is 36.9 Å². The number of amides is 2. The number of hydrogen-bond acceptors (Lipinski definition) is 5. The molecule has 4 atom stereocenters. The zero-order valence-corrected chi connectivity index (χ0v) is 15.2. The lowest BCUT2D eigenvalue weighted by atomic mass is 9.73. The van der Waals surface area contributed by atoms with Crippen LogP contribution in [-0.2, 0) is 9.53 Å². The van der Waals surface area contributed by atoms with Crippen molar-refractivity contribution < 1.29 is 19.1 Å². The first kappa shape index (κ1) is 17.3. The molecule has 3 aliphatic rings. The van der Waals surface area contributed by atoms with Gasteiger partial charge in [0.2, 0.25) is 11.8 Å². The molecule has 3 aliphatic heterocycles. The highest BCUT2D eigenvalue weighted by molar-refractivity contribution is 5.93. The summed E-state index contributed by atoms with van der Waals surface area (Å²) in [6.45, 7) is 3.91. The van der Waals surface area contributed by atoms with Crippen LogP contribution in [-0.4, -0.2) is 60.1 Å². The number of hydrogen-bond donors (Lipinski definition) is 1. The standard InChI is InChI=1S/C19H25N3O4/c1-3-17(23)22-10-14-13(15-6-7-19(14,11-22)26-15)9-21-18(24)12-4-5-16(25-2)20-8-12/h4-5,8,13-15H,3,6-7,9-11H2,1-2H3,(H,21,24)/t13-,14+,15+,19+/m0/s1. The normalized spacial score (nSPS) is 31.8. The summed E-state index contributed by atoms with van der Waals surface area (Å²) in [7, 11) is 1.54.